The molecule has 3 nitrogen and oxygen atoms in total. The molecule has 0 amide bonds. The van der Waals surface area contributed by atoms with Gasteiger partial charge in [-0.15, -0.1) is 0 Å². The number of hydrogen-bond donors (Lipinski definition) is 2. The Morgan fingerprint density at radius 2 is 2.07 bits per heavy atom. The van der Waals surface area contributed by atoms with E-state index in [4.69, 9.17) is 10.8 Å². The molecule has 0 aromatic carbocycles. The van der Waals surface area contributed by atoms with E-state index in [2.05, 4.69) is 0 Å². The van der Waals surface area contributed by atoms with Crippen molar-refractivity contribution in [1.82, 2.24) is 0 Å². The Kier molecular flexibility index (Phi) is 3.01. The molecule has 0 aromatic rings. The maximum atomic E-state index is 10.9. The highest BCUT2D eigenvalue weighted by Crippen LogP contribution is 2.57. The van der Waals surface area contributed by atoms with Gasteiger partial charge in [0.2, 0.25) is 0 Å². The molecule has 2 aliphatic carbocycles. The van der Waals surface area contributed by atoms with Gasteiger partial charge in [0, 0.05) is 0 Å². The molecule has 0 aromatic heterocycles. The summed E-state index contributed by atoms with van der Waals surface area (Å²) in [6.07, 6.45) is 7.75. The molecule has 0 heterocycles. The molecule has 86 valence electrons. The lowest BCUT2D eigenvalue weighted by atomic mass is 9.51. The highest BCUT2D eigenvalue weighted by molar-refractivity contribution is 5.68. The molecular weight excluding hydrogens is 190 g/mol. The number of aliphatic carboxylic acids is 1. The normalized spacial score (nSPS) is 40.1. The molecule has 2 rings (SSSR count). The summed E-state index contributed by atoms with van der Waals surface area (Å²) >= 11 is 0. The molecule has 0 aliphatic heterocycles. The van der Waals surface area contributed by atoms with Crippen molar-refractivity contribution in [3.05, 3.63) is 0 Å². The molecule has 0 spiro atoms. The monoisotopic (exact) mass is 211 g/mol. The van der Waals surface area contributed by atoms with Crippen LogP contribution in [0.4, 0.5) is 0 Å². The van der Waals surface area contributed by atoms with Gasteiger partial charge in [0.05, 0.1) is 6.42 Å². The Bertz CT molecular complexity index is 254. The highest BCUT2D eigenvalue weighted by atomic mass is 16.4. The minimum Gasteiger partial charge on any atom is -0.481 e. The van der Waals surface area contributed by atoms with Crippen LogP contribution >= 0.6 is 0 Å². The Morgan fingerprint density at radius 1 is 1.33 bits per heavy atom. The molecule has 0 unspecified atom stereocenters. The SMILES string of the molecule is NC[C@@]1(CC(=O)O)C[C@H]2CCCCC[C@@H]21. The third kappa shape index (κ3) is 1.89. The van der Waals surface area contributed by atoms with Gasteiger partial charge in [-0.2, -0.15) is 0 Å². The second-order valence-corrected chi connectivity index (χ2v) is 5.35. The number of fused-ring (bicyclic) bond motifs is 1. The van der Waals surface area contributed by atoms with E-state index in [0.717, 1.165) is 12.3 Å². The van der Waals surface area contributed by atoms with Crippen molar-refractivity contribution in [2.24, 2.45) is 23.0 Å². The molecule has 2 saturated carbocycles. The molecule has 0 bridgehead atoms. The summed E-state index contributed by atoms with van der Waals surface area (Å²) in [5.41, 5.74) is 5.76. The van der Waals surface area contributed by atoms with Crippen molar-refractivity contribution in [3.63, 3.8) is 0 Å². The fourth-order valence-electron chi connectivity index (χ4n) is 3.76. The lowest BCUT2D eigenvalue weighted by molar-refractivity contribution is -0.146. The van der Waals surface area contributed by atoms with Crippen LogP contribution in [0.15, 0.2) is 0 Å². The van der Waals surface area contributed by atoms with Crippen LogP contribution in [-0.4, -0.2) is 17.6 Å². The first kappa shape index (κ1) is 10.9. The molecule has 3 atom stereocenters. The summed E-state index contributed by atoms with van der Waals surface area (Å²) < 4.78 is 0. The second kappa shape index (κ2) is 4.12. The van der Waals surface area contributed by atoms with Crippen LogP contribution in [0.3, 0.4) is 0 Å². The lowest BCUT2D eigenvalue weighted by Gasteiger charge is -2.54. The van der Waals surface area contributed by atoms with Crippen LogP contribution in [0.25, 0.3) is 0 Å². The molecule has 15 heavy (non-hydrogen) atoms. The van der Waals surface area contributed by atoms with Crippen LogP contribution in [0, 0.1) is 17.3 Å². The zero-order valence-corrected chi connectivity index (χ0v) is 9.24. The smallest absolute Gasteiger partial charge is 0.303 e. The Labute approximate surface area is 91.0 Å². The molecule has 0 saturated heterocycles. The molecule has 0 radical (unpaired) electrons. The third-order valence-electron chi connectivity index (χ3n) is 4.52. The number of carboxylic acid groups (broad SMARTS) is 1. The van der Waals surface area contributed by atoms with Gasteiger partial charge in [0.25, 0.3) is 0 Å². The molecular formula is C12H21NO2. The van der Waals surface area contributed by atoms with Crippen molar-refractivity contribution in [3.8, 4) is 0 Å². The van der Waals surface area contributed by atoms with Crippen LogP contribution < -0.4 is 5.73 Å². The molecule has 3 heteroatoms. The largest absolute Gasteiger partial charge is 0.481 e. The van der Waals surface area contributed by atoms with Gasteiger partial charge >= 0.3 is 5.97 Å². The Hall–Kier alpha value is -0.570. The molecule has 3 N–H and O–H groups in total. The number of carboxylic acids is 1. The van der Waals surface area contributed by atoms with Crippen LogP contribution in [-0.2, 0) is 4.79 Å². The summed E-state index contributed by atoms with van der Waals surface area (Å²) in [6.45, 7) is 0.556. The fourth-order valence-corrected chi connectivity index (χ4v) is 3.76. The zero-order valence-electron chi connectivity index (χ0n) is 9.24. The lowest BCUT2D eigenvalue weighted by Crippen LogP contribution is -2.53. The fraction of sp³-hybridized carbons (Fsp3) is 0.917. The quantitative estimate of drug-likeness (QED) is 0.750. The van der Waals surface area contributed by atoms with Crippen molar-refractivity contribution < 1.29 is 9.90 Å². The topological polar surface area (TPSA) is 63.3 Å². The standard InChI is InChI=1S/C12H21NO2/c13-8-12(7-11(14)15)6-9-4-2-1-3-5-10(9)12/h9-10H,1-8,13H2,(H,14,15)/t9-,10+,12+/m1/s1. The van der Waals surface area contributed by atoms with Crippen molar-refractivity contribution in [1.29, 1.82) is 0 Å². The minimum atomic E-state index is -0.678. The first-order valence-electron chi connectivity index (χ1n) is 6.10. The Balaban J connectivity index is 2.05. The predicted molar refractivity (Wildman–Crippen MR) is 58.4 cm³/mol. The maximum absolute atomic E-state index is 10.9. The predicted octanol–water partition coefficient (Wildman–Crippen LogP) is 2.01. The minimum absolute atomic E-state index is 0.0547. The van der Waals surface area contributed by atoms with E-state index in [1.165, 1.54) is 32.1 Å². The molecule has 2 aliphatic rings. The number of rotatable bonds is 3. The van der Waals surface area contributed by atoms with E-state index in [9.17, 15) is 4.79 Å². The van der Waals surface area contributed by atoms with Gasteiger partial charge in [-0.3, -0.25) is 4.79 Å². The summed E-state index contributed by atoms with van der Waals surface area (Å²) in [7, 11) is 0. The van der Waals surface area contributed by atoms with Crippen molar-refractivity contribution in [2.75, 3.05) is 6.54 Å². The summed E-state index contributed by atoms with van der Waals surface area (Å²) in [4.78, 5) is 10.9. The number of nitrogens with two attached hydrogens (primary N) is 1. The van der Waals surface area contributed by atoms with Crippen LogP contribution in [0.1, 0.15) is 44.9 Å². The zero-order chi connectivity index (χ0) is 10.9. The average molecular weight is 211 g/mol. The van der Waals surface area contributed by atoms with E-state index in [1.54, 1.807) is 0 Å². The summed E-state index contributed by atoms with van der Waals surface area (Å²) in [6, 6.07) is 0. The van der Waals surface area contributed by atoms with Crippen molar-refractivity contribution in [2.45, 2.75) is 44.9 Å². The van der Waals surface area contributed by atoms with Gasteiger partial charge in [-0.25, -0.2) is 0 Å². The number of hydrogen-bond acceptors (Lipinski definition) is 2. The summed E-state index contributed by atoms with van der Waals surface area (Å²) in [5, 5.41) is 8.95. The average Bonchev–Trinajstić information content (AvgIpc) is 2.36. The van der Waals surface area contributed by atoms with E-state index < -0.39 is 5.97 Å². The second-order valence-electron chi connectivity index (χ2n) is 5.35. The first-order chi connectivity index (χ1) is 7.18. The van der Waals surface area contributed by atoms with Gasteiger partial charge < -0.3 is 10.8 Å². The van der Waals surface area contributed by atoms with E-state index >= 15 is 0 Å². The van der Waals surface area contributed by atoms with E-state index in [-0.39, 0.29) is 11.8 Å². The van der Waals surface area contributed by atoms with Crippen molar-refractivity contribution >= 4 is 5.97 Å². The van der Waals surface area contributed by atoms with E-state index in [0.29, 0.717) is 12.5 Å². The third-order valence-corrected chi connectivity index (χ3v) is 4.52. The van der Waals surface area contributed by atoms with Gasteiger partial charge in [0.1, 0.15) is 0 Å². The maximum Gasteiger partial charge on any atom is 0.303 e. The number of carbonyl (C=O) groups is 1. The van der Waals surface area contributed by atoms with Crippen LogP contribution in [0.2, 0.25) is 0 Å². The van der Waals surface area contributed by atoms with Gasteiger partial charge in [0.15, 0.2) is 0 Å². The van der Waals surface area contributed by atoms with Gasteiger partial charge in [-0.05, 0) is 36.6 Å². The molecule has 2 fully saturated rings. The Morgan fingerprint density at radius 3 is 2.73 bits per heavy atom. The first-order valence-corrected chi connectivity index (χ1v) is 6.10. The van der Waals surface area contributed by atoms with Crippen LogP contribution in [0.5, 0.6) is 0 Å². The van der Waals surface area contributed by atoms with Gasteiger partial charge in [-0.1, -0.05) is 25.7 Å². The summed E-state index contributed by atoms with van der Waals surface area (Å²) in [5.74, 6) is 0.694. The highest BCUT2D eigenvalue weighted by Gasteiger charge is 2.53. The van der Waals surface area contributed by atoms with E-state index in [1.807, 2.05) is 0 Å².